The zero-order chi connectivity index (χ0) is 21.6. The standard InChI is InChI=1S/C22H23N3O5/c1-11-9-25(10-12(2)30-11)20-17(5-4-14-8-23-24-19(14)20)16-7-6-15(21(26)27)13(3)18(16)22(28)29/h4-8,11-12H,9-10H2,1-3H3,(H,23,24)(H,26,27)(H,28,29). The minimum atomic E-state index is -1.16. The fraction of sp³-hybridized carbons (Fsp3) is 0.318. The van der Waals surface area contributed by atoms with Crippen LogP contribution in [-0.4, -0.2) is 57.6 Å². The molecule has 0 bridgehead atoms. The van der Waals surface area contributed by atoms with Crippen LogP contribution in [0.25, 0.3) is 22.0 Å². The molecule has 30 heavy (non-hydrogen) atoms. The Morgan fingerprint density at radius 2 is 1.73 bits per heavy atom. The highest BCUT2D eigenvalue weighted by atomic mass is 16.5. The van der Waals surface area contributed by atoms with Crippen LogP contribution in [0, 0.1) is 6.92 Å². The van der Waals surface area contributed by atoms with E-state index < -0.39 is 11.9 Å². The van der Waals surface area contributed by atoms with E-state index in [2.05, 4.69) is 15.1 Å². The van der Waals surface area contributed by atoms with Crippen molar-refractivity contribution in [3.8, 4) is 11.1 Å². The quantitative estimate of drug-likeness (QED) is 0.603. The van der Waals surface area contributed by atoms with Crippen molar-refractivity contribution in [1.29, 1.82) is 0 Å². The zero-order valence-electron chi connectivity index (χ0n) is 17.0. The summed E-state index contributed by atoms with van der Waals surface area (Å²) in [6, 6.07) is 6.80. The molecule has 3 aromatic rings. The number of carboxylic acid groups (broad SMARTS) is 2. The number of aromatic nitrogens is 2. The van der Waals surface area contributed by atoms with Gasteiger partial charge in [-0.3, -0.25) is 5.10 Å². The minimum Gasteiger partial charge on any atom is -0.478 e. The van der Waals surface area contributed by atoms with E-state index in [0.717, 1.165) is 16.6 Å². The molecule has 2 aromatic carbocycles. The van der Waals surface area contributed by atoms with E-state index in [-0.39, 0.29) is 28.9 Å². The molecule has 0 amide bonds. The molecule has 1 aromatic heterocycles. The lowest BCUT2D eigenvalue weighted by Gasteiger charge is -2.38. The first kappa shape index (κ1) is 19.9. The molecule has 0 radical (unpaired) electrons. The first-order chi connectivity index (χ1) is 14.3. The van der Waals surface area contributed by atoms with Crippen molar-refractivity contribution in [3.63, 3.8) is 0 Å². The highest BCUT2D eigenvalue weighted by molar-refractivity contribution is 6.07. The summed E-state index contributed by atoms with van der Waals surface area (Å²) in [6.45, 7) is 6.83. The van der Waals surface area contributed by atoms with Gasteiger partial charge in [0.1, 0.15) is 0 Å². The third kappa shape index (κ3) is 3.29. The third-order valence-electron chi connectivity index (χ3n) is 5.53. The summed E-state index contributed by atoms with van der Waals surface area (Å²) in [4.78, 5) is 25.9. The normalized spacial score (nSPS) is 19.2. The van der Waals surface area contributed by atoms with Crippen LogP contribution in [0.5, 0.6) is 0 Å². The van der Waals surface area contributed by atoms with Crippen molar-refractivity contribution in [2.24, 2.45) is 0 Å². The summed E-state index contributed by atoms with van der Waals surface area (Å²) in [7, 11) is 0. The molecule has 1 fully saturated rings. The van der Waals surface area contributed by atoms with Gasteiger partial charge in [0.05, 0.1) is 40.7 Å². The Kier molecular flexibility index (Phi) is 4.95. The zero-order valence-corrected chi connectivity index (χ0v) is 17.0. The van der Waals surface area contributed by atoms with Gasteiger partial charge in [0.25, 0.3) is 0 Å². The van der Waals surface area contributed by atoms with Crippen molar-refractivity contribution < 1.29 is 24.5 Å². The van der Waals surface area contributed by atoms with E-state index in [9.17, 15) is 19.8 Å². The minimum absolute atomic E-state index is 0.00912. The smallest absolute Gasteiger partial charge is 0.336 e. The fourth-order valence-electron chi connectivity index (χ4n) is 4.35. The van der Waals surface area contributed by atoms with Crippen molar-refractivity contribution in [2.45, 2.75) is 33.0 Å². The maximum absolute atomic E-state index is 12.1. The molecule has 1 aliphatic rings. The Balaban J connectivity index is 2.00. The number of carbonyl (C=O) groups is 2. The molecular formula is C22H23N3O5. The highest BCUT2D eigenvalue weighted by Gasteiger charge is 2.29. The summed E-state index contributed by atoms with van der Waals surface area (Å²) in [5.41, 5.74) is 3.04. The SMILES string of the molecule is Cc1c(C(=O)O)ccc(-c2ccc3cn[nH]c3c2N2CC(C)OC(C)C2)c1C(=O)O. The Hall–Kier alpha value is -3.39. The second kappa shape index (κ2) is 7.46. The van der Waals surface area contributed by atoms with Crippen LogP contribution in [0.4, 0.5) is 5.69 Å². The number of carboxylic acids is 2. The number of fused-ring (bicyclic) bond motifs is 1. The predicted molar refractivity (Wildman–Crippen MR) is 112 cm³/mol. The molecule has 2 unspecified atom stereocenters. The van der Waals surface area contributed by atoms with Crippen LogP contribution < -0.4 is 4.90 Å². The second-order valence-corrected chi connectivity index (χ2v) is 7.73. The van der Waals surface area contributed by atoms with Gasteiger partial charge in [0.2, 0.25) is 0 Å². The average Bonchev–Trinajstić information content (AvgIpc) is 3.14. The first-order valence-corrected chi connectivity index (χ1v) is 9.75. The van der Waals surface area contributed by atoms with E-state index in [0.29, 0.717) is 24.2 Å². The molecule has 3 N–H and O–H groups in total. The van der Waals surface area contributed by atoms with Gasteiger partial charge in [-0.05, 0) is 38.0 Å². The average molecular weight is 409 g/mol. The highest BCUT2D eigenvalue weighted by Crippen LogP contribution is 2.40. The van der Waals surface area contributed by atoms with E-state index in [1.165, 1.54) is 13.0 Å². The maximum Gasteiger partial charge on any atom is 0.336 e. The summed E-state index contributed by atoms with van der Waals surface area (Å²) in [6.07, 6.45) is 1.75. The predicted octanol–water partition coefficient (Wildman–Crippen LogP) is 3.55. The third-order valence-corrected chi connectivity index (χ3v) is 5.53. The number of hydrogen-bond acceptors (Lipinski definition) is 5. The Bertz CT molecular complexity index is 1140. The summed E-state index contributed by atoms with van der Waals surface area (Å²) < 4.78 is 5.87. The molecule has 156 valence electrons. The van der Waals surface area contributed by atoms with Crippen molar-refractivity contribution in [3.05, 3.63) is 47.2 Å². The molecule has 4 rings (SSSR count). The molecule has 8 nitrogen and oxygen atoms in total. The number of nitrogens with zero attached hydrogens (tertiary/aromatic N) is 2. The molecule has 0 saturated carbocycles. The van der Waals surface area contributed by atoms with Gasteiger partial charge in [-0.1, -0.05) is 18.2 Å². The number of H-pyrrole nitrogens is 1. The fourth-order valence-corrected chi connectivity index (χ4v) is 4.35. The molecule has 8 heteroatoms. The lowest BCUT2D eigenvalue weighted by atomic mass is 9.90. The van der Waals surface area contributed by atoms with Gasteiger partial charge in [0, 0.05) is 24.0 Å². The van der Waals surface area contributed by atoms with Gasteiger partial charge < -0.3 is 19.8 Å². The molecule has 0 spiro atoms. The van der Waals surface area contributed by atoms with Crippen molar-refractivity contribution in [1.82, 2.24) is 10.2 Å². The van der Waals surface area contributed by atoms with Gasteiger partial charge in [-0.2, -0.15) is 5.10 Å². The van der Waals surface area contributed by atoms with E-state index in [4.69, 9.17) is 4.74 Å². The monoisotopic (exact) mass is 409 g/mol. The lowest BCUT2D eigenvalue weighted by Crippen LogP contribution is -2.45. The van der Waals surface area contributed by atoms with Crippen molar-refractivity contribution in [2.75, 3.05) is 18.0 Å². The number of nitrogens with one attached hydrogen (secondary N) is 1. The Morgan fingerprint density at radius 1 is 1.07 bits per heavy atom. The van der Waals surface area contributed by atoms with Crippen LogP contribution in [0.15, 0.2) is 30.5 Å². The van der Waals surface area contributed by atoms with E-state index >= 15 is 0 Å². The van der Waals surface area contributed by atoms with Crippen LogP contribution in [0.1, 0.15) is 40.1 Å². The van der Waals surface area contributed by atoms with Gasteiger partial charge >= 0.3 is 11.9 Å². The molecule has 2 heterocycles. The second-order valence-electron chi connectivity index (χ2n) is 7.73. The Labute approximate surface area is 173 Å². The van der Waals surface area contributed by atoms with E-state index in [1.807, 2.05) is 26.0 Å². The van der Waals surface area contributed by atoms with Gasteiger partial charge in [0.15, 0.2) is 0 Å². The topological polar surface area (TPSA) is 116 Å². The number of ether oxygens (including phenoxy) is 1. The first-order valence-electron chi connectivity index (χ1n) is 9.75. The number of anilines is 1. The molecular weight excluding hydrogens is 386 g/mol. The van der Waals surface area contributed by atoms with Gasteiger partial charge in [-0.15, -0.1) is 0 Å². The largest absolute Gasteiger partial charge is 0.478 e. The van der Waals surface area contributed by atoms with Crippen molar-refractivity contribution >= 4 is 28.5 Å². The van der Waals surface area contributed by atoms with Crippen LogP contribution in [0.3, 0.4) is 0 Å². The molecule has 1 aliphatic heterocycles. The summed E-state index contributed by atoms with van der Waals surface area (Å²) >= 11 is 0. The van der Waals surface area contributed by atoms with Crippen LogP contribution >= 0.6 is 0 Å². The van der Waals surface area contributed by atoms with Crippen LogP contribution in [-0.2, 0) is 4.74 Å². The van der Waals surface area contributed by atoms with Gasteiger partial charge in [-0.25, -0.2) is 9.59 Å². The summed E-state index contributed by atoms with van der Waals surface area (Å²) in [5, 5.41) is 27.5. The van der Waals surface area contributed by atoms with Crippen LogP contribution in [0.2, 0.25) is 0 Å². The molecule has 2 atom stereocenters. The Morgan fingerprint density at radius 3 is 2.37 bits per heavy atom. The number of hydrogen-bond donors (Lipinski definition) is 3. The number of aromatic carboxylic acids is 2. The number of benzene rings is 2. The maximum atomic E-state index is 12.1. The molecule has 0 aliphatic carbocycles. The lowest BCUT2D eigenvalue weighted by molar-refractivity contribution is -0.00512. The van der Waals surface area contributed by atoms with E-state index in [1.54, 1.807) is 12.3 Å². The number of morpholine rings is 1. The summed E-state index contributed by atoms with van der Waals surface area (Å²) in [5.74, 6) is -2.31. The molecule has 1 saturated heterocycles. The number of aromatic amines is 1. The number of rotatable bonds is 4.